The molecule has 1 saturated heterocycles. The van der Waals surface area contributed by atoms with E-state index in [0.29, 0.717) is 6.04 Å². The summed E-state index contributed by atoms with van der Waals surface area (Å²) in [6.45, 7) is 6.50. The van der Waals surface area contributed by atoms with Crippen LogP contribution in [0.2, 0.25) is 0 Å². The molecular formula is C22H27N3O3. The lowest BCUT2D eigenvalue weighted by molar-refractivity contribution is -0.153. The van der Waals surface area contributed by atoms with Crippen molar-refractivity contribution < 1.29 is 13.9 Å². The molecule has 0 bridgehead atoms. The lowest BCUT2D eigenvalue weighted by Gasteiger charge is -2.51. The van der Waals surface area contributed by atoms with Crippen molar-refractivity contribution >= 4 is 5.71 Å². The van der Waals surface area contributed by atoms with Crippen molar-refractivity contribution in [1.82, 2.24) is 9.91 Å². The van der Waals surface area contributed by atoms with E-state index < -0.39 is 5.72 Å². The van der Waals surface area contributed by atoms with Crippen LogP contribution in [0.4, 0.5) is 0 Å². The maximum Gasteiger partial charge on any atom is 0.200 e. The van der Waals surface area contributed by atoms with E-state index >= 15 is 0 Å². The zero-order valence-electron chi connectivity index (χ0n) is 16.7. The number of likely N-dealkylation sites (tertiary alicyclic amines) is 1. The van der Waals surface area contributed by atoms with E-state index in [0.717, 1.165) is 60.9 Å². The van der Waals surface area contributed by atoms with Crippen LogP contribution in [-0.2, 0) is 0 Å². The highest BCUT2D eigenvalue weighted by Crippen LogP contribution is 2.52. The van der Waals surface area contributed by atoms with Gasteiger partial charge in [0.15, 0.2) is 11.5 Å². The zero-order valence-corrected chi connectivity index (χ0v) is 16.7. The average molecular weight is 381 g/mol. The van der Waals surface area contributed by atoms with E-state index in [9.17, 15) is 0 Å². The van der Waals surface area contributed by atoms with E-state index in [1.54, 1.807) is 13.4 Å². The number of hydrogen-bond acceptors (Lipinski definition) is 6. The van der Waals surface area contributed by atoms with Crippen molar-refractivity contribution in [2.24, 2.45) is 5.10 Å². The Kier molecular flexibility index (Phi) is 4.12. The fourth-order valence-corrected chi connectivity index (χ4v) is 4.74. The third-order valence-electron chi connectivity index (χ3n) is 6.32. The molecule has 28 heavy (non-hydrogen) atoms. The molecule has 0 saturated carbocycles. The van der Waals surface area contributed by atoms with Crippen LogP contribution in [0, 0.1) is 0 Å². The second kappa shape index (κ2) is 6.55. The Balaban J connectivity index is 1.57. The molecule has 1 atom stereocenters. The number of furan rings is 1. The molecule has 4 heterocycles. The summed E-state index contributed by atoms with van der Waals surface area (Å²) >= 11 is 0. The normalized spacial score (nSPS) is 23.4. The van der Waals surface area contributed by atoms with Gasteiger partial charge >= 0.3 is 0 Å². The molecular weight excluding hydrogens is 354 g/mol. The Labute approximate surface area is 165 Å². The van der Waals surface area contributed by atoms with Crippen LogP contribution in [0.15, 0.2) is 46.1 Å². The molecule has 148 valence electrons. The van der Waals surface area contributed by atoms with E-state index in [-0.39, 0.29) is 6.04 Å². The molecule has 0 aliphatic carbocycles. The van der Waals surface area contributed by atoms with Gasteiger partial charge in [0.2, 0.25) is 5.72 Å². The molecule has 0 radical (unpaired) electrons. The van der Waals surface area contributed by atoms with Gasteiger partial charge in [-0.05, 0) is 32.0 Å². The second-order valence-corrected chi connectivity index (χ2v) is 8.15. The van der Waals surface area contributed by atoms with Crippen LogP contribution >= 0.6 is 0 Å². The molecule has 1 fully saturated rings. The maximum absolute atomic E-state index is 6.73. The van der Waals surface area contributed by atoms with Crippen molar-refractivity contribution in [1.29, 1.82) is 0 Å². The van der Waals surface area contributed by atoms with Gasteiger partial charge in [0.05, 0.1) is 19.4 Å². The quantitative estimate of drug-likeness (QED) is 0.803. The van der Waals surface area contributed by atoms with E-state index in [4.69, 9.17) is 19.0 Å². The Morgan fingerprint density at radius 2 is 2.00 bits per heavy atom. The fourth-order valence-electron chi connectivity index (χ4n) is 4.74. The van der Waals surface area contributed by atoms with Crippen LogP contribution in [0.25, 0.3) is 0 Å². The number of methoxy groups -OCH3 is 1. The van der Waals surface area contributed by atoms with Gasteiger partial charge in [0, 0.05) is 44.0 Å². The standard InChI is InChI=1S/C22H27N3O3/c1-15(2)24-11-9-22(10-12-24)25-18(14-17(23-25)19-8-5-13-27-19)16-6-4-7-20(26-3)21(16)28-22/h4-8,13,15,18H,9-12,14H2,1-3H3/t18-/m1/s1. The average Bonchev–Trinajstić information content (AvgIpc) is 3.38. The topological polar surface area (TPSA) is 50.4 Å². The minimum atomic E-state index is -0.438. The van der Waals surface area contributed by atoms with Crippen LogP contribution in [0.3, 0.4) is 0 Å². The van der Waals surface area contributed by atoms with Gasteiger partial charge in [-0.2, -0.15) is 5.10 Å². The Hall–Kier alpha value is -2.47. The van der Waals surface area contributed by atoms with Crippen LogP contribution in [-0.4, -0.2) is 47.6 Å². The molecule has 2 aromatic rings. The number of benzene rings is 1. The fraction of sp³-hybridized carbons (Fsp3) is 0.500. The van der Waals surface area contributed by atoms with Crippen molar-refractivity contribution in [2.75, 3.05) is 20.2 Å². The van der Waals surface area contributed by atoms with Crippen LogP contribution in [0.1, 0.15) is 50.5 Å². The molecule has 3 aliphatic heterocycles. The zero-order chi connectivity index (χ0) is 19.3. The number of hydrazone groups is 1. The van der Waals surface area contributed by atoms with Crippen molar-refractivity contribution in [3.8, 4) is 11.5 Å². The third kappa shape index (κ3) is 2.62. The number of piperidine rings is 1. The predicted octanol–water partition coefficient (Wildman–Crippen LogP) is 4.03. The van der Waals surface area contributed by atoms with Gasteiger partial charge in [-0.1, -0.05) is 12.1 Å². The number of nitrogens with zero attached hydrogens (tertiary/aromatic N) is 3. The minimum absolute atomic E-state index is 0.143. The molecule has 1 aromatic heterocycles. The summed E-state index contributed by atoms with van der Waals surface area (Å²) < 4.78 is 18.0. The summed E-state index contributed by atoms with van der Waals surface area (Å²) in [6.07, 6.45) is 4.34. The summed E-state index contributed by atoms with van der Waals surface area (Å²) in [5.41, 5.74) is 1.69. The largest absolute Gasteiger partial charge is 0.493 e. The highest BCUT2D eigenvalue weighted by atomic mass is 16.5. The Morgan fingerprint density at radius 3 is 2.68 bits per heavy atom. The summed E-state index contributed by atoms with van der Waals surface area (Å²) in [6, 6.07) is 10.7. The smallest absolute Gasteiger partial charge is 0.200 e. The van der Waals surface area contributed by atoms with Crippen LogP contribution in [0.5, 0.6) is 11.5 Å². The van der Waals surface area contributed by atoms with Gasteiger partial charge in [-0.3, -0.25) is 0 Å². The monoisotopic (exact) mass is 381 g/mol. The first-order valence-corrected chi connectivity index (χ1v) is 10.1. The predicted molar refractivity (Wildman–Crippen MR) is 107 cm³/mol. The first-order valence-electron chi connectivity index (χ1n) is 10.1. The molecule has 3 aliphatic rings. The van der Waals surface area contributed by atoms with Crippen molar-refractivity contribution in [3.05, 3.63) is 47.9 Å². The number of fused-ring (bicyclic) bond motifs is 4. The highest BCUT2D eigenvalue weighted by molar-refractivity contribution is 5.99. The first kappa shape index (κ1) is 17.6. The van der Waals surface area contributed by atoms with Crippen LogP contribution < -0.4 is 9.47 Å². The molecule has 6 nitrogen and oxygen atoms in total. The van der Waals surface area contributed by atoms with Gasteiger partial charge in [-0.15, -0.1) is 0 Å². The van der Waals surface area contributed by atoms with Gasteiger partial charge in [0.25, 0.3) is 0 Å². The second-order valence-electron chi connectivity index (χ2n) is 8.15. The molecule has 1 spiro atoms. The van der Waals surface area contributed by atoms with Gasteiger partial charge in [0.1, 0.15) is 11.5 Å². The first-order chi connectivity index (χ1) is 13.6. The summed E-state index contributed by atoms with van der Waals surface area (Å²) in [4.78, 5) is 2.51. The summed E-state index contributed by atoms with van der Waals surface area (Å²) in [5.74, 6) is 2.52. The number of hydrogen-bond donors (Lipinski definition) is 0. The lowest BCUT2D eigenvalue weighted by atomic mass is 9.90. The summed E-state index contributed by atoms with van der Waals surface area (Å²) in [7, 11) is 1.71. The SMILES string of the molecule is COc1cccc2c1OC1(CCN(C(C)C)CC1)N1N=C(c3ccco3)C[C@H]21. The molecule has 6 heteroatoms. The highest BCUT2D eigenvalue weighted by Gasteiger charge is 2.52. The molecule has 1 aromatic carbocycles. The van der Waals surface area contributed by atoms with Crippen molar-refractivity contribution in [3.63, 3.8) is 0 Å². The van der Waals surface area contributed by atoms with Gasteiger partial charge < -0.3 is 18.8 Å². The third-order valence-corrected chi connectivity index (χ3v) is 6.32. The molecule has 0 amide bonds. The Morgan fingerprint density at radius 1 is 1.18 bits per heavy atom. The minimum Gasteiger partial charge on any atom is -0.493 e. The molecule has 0 unspecified atom stereocenters. The van der Waals surface area contributed by atoms with Crippen molar-refractivity contribution in [2.45, 2.75) is 50.9 Å². The maximum atomic E-state index is 6.73. The Bertz CT molecular complexity index is 882. The number of para-hydroxylation sites is 1. The van der Waals surface area contributed by atoms with E-state index in [1.807, 2.05) is 24.3 Å². The molecule has 5 rings (SSSR count). The summed E-state index contributed by atoms with van der Waals surface area (Å²) in [5, 5.41) is 7.24. The number of rotatable bonds is 3. The van der Waals surface area contributed by atoms with Gasteiger partial charge in [-0.25, -0.2) is 5.01 Å². The van der Waals surface area contributed by atoms with E-state index in [1.165, 1.54) is 0 Å². The lowest BCUT2D eigenvalue weighted by Crippen LogP contribution is -2.59. The molecule has 0 N–H and O–H groups in total. The van der Waals surface area contributed by atoms with E-state index in [2.05, 4.69) is 29.8 Å². The number of ether oxygens (including phenoxy) is 2.